The van der Waals surface area contributed by atoms with Gasteiger partial charge >= 0.3 is 0 Å². The summed E-state index contributed by atoms with van der Waals surface area (Å²) < 4.78 is 28.4. The predicted molar refractivity (Wildman–Crippen MR) is 117 cm³/mol. The Balaban J connectivity index is 1.61. The Hall–Kier alpha value is -2.73. The van der Waals surface area contributed by atoms with Gasteiger partial charge in [-0.2, -0.15) is 0 Å². The zero-order valence-electron chi connectivity index (χ0n) is 15.8. The van der Waals surface area contributed by atoms with E-state index in [0.29, 0.717) is 5.02 Å². The van der Waals surface area contributed by atoms with Crippen LogP contribution in [0.25, 0.3) is 22.0 Å². The second-order valence-corrected chi connectivity index (χ2v) is 8.94. The molecular weight excluding hydrogens is 404 g/mol. The van der Waals surface area contributed by atoms with Crippen molar-refractivity contribution >= 4 is 32.5 Å². The number of benzene rings is 3. The van der Waals surface area contributed by atoms with E-state index < -0.39 is 10.0 Å². The molecule has 0 unspecified atom stereocenters. The van der Waals surface area contributed by atoms with Crippen molar-refractivity contribution in [2.45, 2.75) is 18.4 Å². The average Bonchev–Trinajstić information content (AvgIpc) is 2.73. The zero-order chi connectivity index (χ0) is 20.4. The second kappa shape index (κ2) is 7.95. The SMILES string of the molecule is Cc1cc(S(=O)(=O)NCc2ccnc3ccccc23)ccc1-c1ccccc1Cl. The van der Waals surface area contributed by atoms with Gasteiger partial charge < -0.3 is 0 Å². The van der Waals surface area contributed by atoms with Gasteiger partial charge in [0, 0.05) is 28.7 Å². The minimum atomic E-state index is -3.66. The Bertz CT molecular complexity index is 1300. The Labute approximate surface area is 175 Å². The second-order valence-electron chi connectivity index (χ2n) is 6.77. The van der Waals surface area contributed by atoms with Crippen LogP contribution in [0.2, 0.25) is 5.02 Å². The van der Waals surface area contributed by atoms with E-state index in [4.69, 9.17) is 11.6 Å². The number of nitrogens with zero attached hydrogens (tertiary/aromatic N) is 1. The Morgan fingerprint density at radius 2 is 1.69 bits per heavy atom. The molecule has 1 N–H and O–H groups in total. The van der Waals surface area contributed by atoms with Crippen molar-refractivity contribution in [3.63, 3.8) is 0 Å². The molecule has 146 valence electrons. The van der Waals surface area contributed by atoms with Crippen LogP contribution in [-0.4, -0.2) is 13.4 Å². The molecule has 0 aliphatic rings. The first-order valence-corrected chi connectivity index (χ1v) is 11.0. The van der Waals surface area contributed by atoms with Crippen LogP contribution in [0.15, 0.2) is 83.9 Å². The van der Waals surface area contributed by atoms with Gasteiger partial charge in [-0.25, -0.2) is 13.1 Å². The molecule has 1 heterocycles. The van der Waals surface area contributed by atoms with Crippen molar-refractivity contribution in [1.82, 2.24) is 9.71 Å². The fourth-order valence-corrected chi connectivity index (χ4v) is 4.68. The summed E-state index contributed by atoms with van der Waals surface area (Å²) in [5.41, 5.74) is 4.35. The third-order valence-electron chi connectivity index (χ3n) is 4.86. The Morgan fingerprint density at radius 1 is 0.931 bits per heavy atom. The lowest BCUT2D eigenvalue weighted by Gasteiger charge is -2.12. The molecule has 4 nitrogen and oxygen atoms in total. The van der Waals surface area contributed by atoms with Gasteiger partial charge in [0.25, 0.3) is 0 Å². The number of sulfonamides is 1. The molecule has 0 amide bonds. The van der Waals surface area contributed by atoms with Crippen molar-refractivity contribution in [2.75, 3.05) is 0 Å². The van der Waals surface area contributed by atoms with Crippen molar-refractivity contribution in [3.05, 3.63) is 95.1 Å². The molecule has 1 aromatic heterocycles. The van der Waals surface area contributed by atoms with Gasteiger partial charge in [-0.15, -0.1) is 0 Å². The van der Waals surface area contributed by atoms with Gasteiger partial charge in [0.05, 0.1) is 10.4 Å². The van der Waals surface area contributed by atoms with E-state index in [1.807, 2.05) is 61.5 Å². The summed E-state index contributed by atoms with van der Waals surface area (Å²) in [5, 5.41) is 1.57. The molecule has 0 saturated carbocycles. The van der Waals surface area contributed by atoms with E-state index in [2.05, 4.69) is 9.71 Å². The predicted octanol–water partition coefficient (Wildman–Crippen LogP) is 5.34. The number of fused-ring (bicyclic) bond motifs is 1. The van der Waals surface area contributed by atoms with Crippen molar-refractivity contribution in [3.8, 4) is 11.1 Å². The van der Waals surface area contributed by atoms with Crippen LogP contribution in [-0.2, 0) is 16.6 Å². The maximum atomic E-state index is 12.9. The molecule has 0 aliphatic heterocycles. The van der Waals surface area contributed by atoms with Gasteiger partial charge in [0.15, 0.2) is 0 Å². The molecule has 6 heteroatoms. The highest BCUT2D eigenvalue weighted by molar-refractivity contribution is 7.89. The summed E-state index contributed by atoms with van der Waals surface area (Å²) in [7, 11) is -3.66. The van der Waals surface area contributed by atoms with Crippen LogP contribution >= 0.6 is 11.6 Å². The molecule has 0 saturated heterocycles. The van der Waals surface area contributed by atoms with Crippen LogP contribution in [0.3, 0.4) is 0 Å². The van der Waals surface area contributed by atoms with E-state index in [9.17, 15) is 8.42 Å². The van der Waals surface area contributed by atoms with Gasteiger partial charge in [-0.1, -0.05) is 54.1 Å². The number of pyridine rings is 1. The number of hydrogen-bond donors (Lipinski definition) is 1. The monoisotopic (exact) mass is 422 g/mol. The smallest absolute Gasteiger partial charge is 0.240 e. The highest BCUT2D eigenvalue weighted by atomic mass is 35.5. The van der Waals surface area contributed by atoms with E-state index in [1.165, 1.54) is 0 Å². The fourth-order valence-electron chi connectivity index (χ4n) is 3.35. The maximum Gasteiger partial charge on any atom is 0.240 e. The lowest BCUT2D eigenvalue weighted by atomic mass is 10.0. The molecule has 0 bridgehead atoms. The molecular formula is C23H19ClN2O2S. The molecule has 0 atom stereocenters. The molecule has 29 heavy (non-hydrogen) atoms. The molecule has 4 aromatic rings. The van der Waals surface area contributed by atoms with Crippen molar-refractivity contribution < 1.29 is 8.42 Å². The molecule has 0 fully saturated rings. The first-order valence-electron chi connectivity index (χ1n) is 9.13. The lowest BCUT2D eigenvalue weighted by molar-refractivity contribution is 0.581. The topological polar surface area (TPSA) is 59.1 Å². The van der Waals surface area contributed by atoms with E-state index in [1.54, 1.807) is 24.4 Å². The Kier molecular flexibility index (Phi) is 5.37. The lowest BCUT2D eigenvalue weighted by Crippen LogP contribution is -2.23. The van der Waals surface area contributed by atoms with Gasteiger partial charge in [0.2, 0.25) is 10.0 Å². The molecule has 4 rings (SSSR count). The number of nitrogens with one attached hydrogen (secondary N) is 1. The van der Waals surface area contributed by atoms with Crippen LogP contribution in [0.1, 0.15) is 11.1 Å². The van der Waals surface area contributed by atoms with E-state index in [-0.39, 0.29) is 11.4 Å². The minimum Gasteiger partial charge on any atom is -0.256 e. The molecule has 3 aromatic carbocycles. The first-order chi connectivity index (χ1) is 14.0. The van der Waals surface area contributed by atoms with Gasteiger partial charge in [-0.3, -0.25) is 4.98 Å². The zero-order valence-corrected chi connectivity index (χ0v) is 17.3. The first kappa shape index (κ1) is 19.6. The number of hydrogen-bond acceptors (Lipinski definition) is 3. The molecule has 0 aliphatic carbocycles. The van der Waals surface area contributed by atoms with Crippen LogP contribution in [0.5, 0.6) is 0 Å². The van der Waals surface area contributed by atoms with Gasteiger partial charge in [-0.05, 0) is 53.9 Å². The third-order valence-corrected chi connectivity index (χ3v) is 6.59. The summed E-state index contributed by atoms with van der Waals surface area (Å²) in [6, 6.07) is 22.1. The normalized spacial score (nSPS) is 11.7. The van der Waals surface area contributed by atoms with Gasteiger partial charge in [0.1, 0.15) is 0 Å². The number of aryl methyl sites for hydroxylation is 1. The third kappa shape index (κ3) is 4.03. The maximum absolute atomic E-state index is 12.9. The van der Waals surface area contributed by atoms with E-state index in [0.717, 1.165) is 33.2 Å². The van der Waals surface area contributed by atoms with Crippen molar-refractivity contribution in [2.24, 2.45) is 0 Å². The molecule has 0 spiro atoms. The number of rotatable bonds is 5. The summed E-state index contributed by atoms with van der Waals surface area (Å²) in [6.07, 6.45) is 1.69. The average molecular weight is 423 g/mol. The fraction of sp³-hybridized carbons (Fsp3) is 0.0870. The van der Waals surface area contributed by atoms with Crippen LogP contribution in [0, 0.1) is 6.92 Å². The minimum absolute atomic E-state index is 0.191. The Morgan fingerprint density at radius 3 is 2.48 bits per heavy atom. The van der Waals surface area contributed by atoms with Crippen molar-refractivity contribution in [1.29, 1.82) is 0 Å². The number of halogens is 1. The highest BCUT2D eigenvalue weighted by Crippen LogP contribution is 2.31. The van der Waals surface area contributed by atoms with Crippen LogP contribution < -0.4 is 4.72 Å². The quantitative estimate of drug-likeness (QED) is 0.472. The standard InChI is InChI=1S/C23H19ClN2O2S/c1-16-14-18(10-11-19(16)21-7-2-4-8-22(21)24)29(27,28)26-15-17-12-13-25-23-9-5-3-6-20(17)23/h2-14,26H,15H2,1H3. The largest absolute Gasteiger partial charge is 0.256 e. The molecule has 0 radical (unpaired) electrons. The number of aromatic nitrogens is 1. The summed E-state index contributed by atoms with van der Waals surface area (Å²) >= 11 is 6.29. The number of para-hydroxylation sites is 1. The summed E-state index contributed by atoms with van der Waals surface area (Å²) in [5.74, 6) is 0. The van der Waals surface area contributed by atoms with E-state index >= 15 is 0 Å². The van der Waals surface area contributed by atoms with Crippen LogP contribution in [0.4, 0.5) is 0 Å². The summed E-state index contributed by atoms with van der Waals surface area (Å²) in [6.45, 7) is 2.07. The summed E-state index contributed by atoms with van der Waals surface area (Å²) in [4.78, 5) is 4.54. The highest BCUT2D eigenvalue weighted by Gasteiger charge is 2.16.